The lowest BCUT2D eigenvalue weighted by Crippen LogP contribution is -2.58. The summed E-state index contributed by atoms with van der Waals surface area (Å²) in [7, 11) is 3.01. The van der Waals surface area contributed by atoms with E-state index in [4.69, 9.17) is 34.2 Å². The maximum absolute atomic E-state index is 10.4. The van der Waals surface area contributed by atoms with Gasteiger partial charge >= 0.3 is 0 Å². The maximum atomic E-state index is 10.4. The van der Waals surface area contributed by atoms with Crippen LogP contribution in [0, 0.1) is 0 Å². The van der Waals surface area contributed by atoms with Crippen LogP contribution in [-0.2, 0) is 4.74 Å². The van der Waals surface area contributed by atoms with E-state index in [0.29, 0.717) is 42.0 Å². The molecule has 2 aromatic carbocycles. The van der Waals surface area contributed by atoms with Gasteiger partial charge in [-0.15, -0.1) is 0 Å². The highest BCUT2D eigenvalue weighted by Gasteiger charge is 2.42. The topological polar surface area (TPSA) is 105 Å². The Kier molecular flexibility index (Phi) is 10.5. The number of phenols is 1. The molecule has 5 rings (SSSR count). The van der Waals surface area contributed by atoms with Crippen molar-refractivity contribution in [3.05, 3.63) is 35.4 Å². The molecule has 0 bridgehead atoms. The van der Waals surface area contributed by atoms with Crippen LogP contribution in [0.4, 0.5) is 0 Å². The van der Waals surface area contributed by atoms with E-state index in [1.165, 1.54) is 27.1 Å². The highest BCUT2D eigenvalue weighted by atomic mass is 16.7. The number of ether oxygens (including phenoxy) is 6. The molecule has 206 valence electrons. The lowest BCUT2D eigenvalue weighted by atomic mass is 9.81. The minimum atomic E-state index is -0.398. The van der Waals surface area contributed by atoms with Crippen LogP contribution in [0.5, 0.6) is 34.5 Å². The summed E-state index contributed by atoms with van der Waals surface area (Å²) in [6.45, 7) is 11.3. The van der Waals surface area contributed by atoms with E-state index < -0.39 is 6.04 Å². The number of nitrogens with two attached hydrogens (primary N) is 1. The molecule has 3 unspecified atom stereocenters. The number of hydrogen-bond acceptors (Lipinski definition) is 9. The molecule has 1 fully saturated rings. The Hall–Kier alpha value is -2.88. The third-order valence-corrected chi connectivity index (χ3v) is 6.57. The van der Waals surface area contributed by atoms with Crippen molar-refractivity contribution in [3.8, 4) is 34.5 Å². The minimum absolute atomic E-state index is 0.0509. The Morgan fingerprint density at radius 1 is 0.919 bits per heavy atom. The number of methoxy groups -OCH3 is 2. The molecule has 3 aliphatic rings. The summed E-state index contributed by atoms with van der Waals surface area (Å²) in [5.41, 5.74) is 8.58. The van der Waals surface area contributed by atoms with Gasteiger partial charge in [0.2, 0.25) is 12.5 Å². The summed E-state index contributed by atoms with van der Waals surface area (Å²) in [6.07, 6.45) is 2.28. The van der Waals surface area contributed by atoms with Crippen molar-refractivity contribution in [3.63, 3.8) is 0 Å². The molecule has 0 saturated carbocycles. The average Bonchev–Trinajstić information content (AvgIpc) is 3.41. The first-order valence-electron chi connectivity index (χ1n) is 13.1. The standard InChI is InChI=1S/C22H26N2O7.C4H10.C2H6/c1-26-17-7-12(8-18(27-2)21(17)25)19-13-9-15-16(30-11-29-15)10-14(13)31-22(20(19)23)24-3-5-28-6-4-24;1-3-4-2;1-2/h7-10,19-20,22,25H,3-6,11,23H2,1-2H3;3-4H2,1-2H3;1-2H3. The Balaban J connectivity index is 0.000000580. The smallest absolute Gasteiger partial charge is 0.231 e. The largest absolute Gasteiger partial charge is 0.502 e. The van der Waals surface area contributed by atoms with E-state index >= 15 is 0 Å². The number of phenolic OH excluding ortho intramolecular Hbond substituents is 1. The van der Waals surface area contributed by atoms with Gasteiger partial charge in [-0.05, 0) is 23.8 Å². The Morgan fingerprint density at radius 3 is 2.03 bits per heavy atom. The Morgan fingerprint density at radius 2 is 1.49 bits per heavy atom. The first-order chi connectivity index (χ1) is 18.0. The van der Waals surface area contributed by atoms with Gasteiger partial charge < -0.3 is 39.3 Å². The number of morpholine rings is 1. The molecular weight excluding hydrogens is 476 g/mol. The second-order valence-electron chi connectivity index (χ2n) is 8.73. The fraction of sp³-hybridized carbons (Fsp3) is 0.571. The van der Waals surface area contributed by atoms with Gasteiger partial charge in [-0.25, -0.2) is 0 Å². The number of benzene rings is 2. The van der Waals surface area contributed by atoms with Crippen LogP contribution in [0.1, 0.15) is 57.6 Å². The maximum Gasteiger partial charge on any atom is 0.231 e. The zero-order valence-corrected chi connectivity index (χ0v) is 22.9. The van der Waals surface area contributed by atoms with Crippen molar-refractivity contribution in [2.45, 2.75) is 58.7 Å². The molecular formula is C28H42N2O7. The van der Waals surface area contributed by atoms with E-state index in [2.05, 4.69) is 18.7 Å². The molecule has 9 heteroatoms. The van der Waals surface area contributed by atoms with Gasteiger partial charge in [-0.2, -0.15) is 0 Å². The average molecular weight is 519 g/mol. The zero-order valence-electron chi connectivity index (χ0n) is 22.9. The van der Waals surface area contributed by atoms with Crippen LogP contribution in [0.25, 0.3) is 0 Å². The Bertz CT molecular complexity index is 983. The molecule has 3 N–H and O–H groups in total. The molecule has 2 aromatic rings. The van der Waals surface area contributed by atoms with Crippen LogP contribution in [0.2, 0.25) is 0 Å². The van der Waals surface area contributed by atoms with E-state index in [1.807, 2.05) is 26.0 Å². The van der Waals surface area contributed by atoms with Gasteiger partial charge in [0.15, 0.2) is 29.2 Å². The van der Waals surface area contributed by atoms with E-state index in [1.54, 1.807) is 12.1 Å². The van der Waals surface area contributed by atoms with E-state index in [0.717, 1.165) is 24.2 Å². The van der Waals surface area contributed by atoms with Crippen molar-refractivity contribution >= 4 is 0 Å². The summed E-state index contributed by atoms with van der Waals surface area (Å²) >= 11 is 0. The third-order valence-electron chi connectivity index (χ3n) is 6.57. The second-order valence-corrected chi connectivity index (χ2v) is 8.73. The van der Waals surface area contributed by atoms with Gasteiger partial charge in [0.1, 0.15) is 5.75 Å². The lowest BCUT2D eigenvalue weighted by Gasteiger charge is -2.44. The normalized spacial score (nSPS) is 21.9. The number of rotatable bonds is 5. The van der Waals surface area contributed by atoms with Crippen LogP contribution in [0.3, 0.4) is 0 Å². The fourth-order valence-corrected chi connectivity index (χ4v) is 4.51. The minimum Gasteiger partial charge on any atom is -0.502 e. The van der Waals surface area contributed by atoms with E-state index in [-0.39, 0.29) is 24.7 Å². The molecule has 0 radical (unpaired) electrons. The summed E-state index contributed by atoms with van der Waals surface area (Å²) in [4.78, 5) is 2.20. The number of aromatic hydroxyl groups is 1. The van der Waals surface area contributed by atoms with Gasteiger partial charge in [-0.3, -0.25) is 4.90 Å². The van der Waals surface area contributed by atoms with Crippen molar-refractivity contribution in [1.82, 2.24) is 4.90 Å². The van der Waals surface area contributed by atoms with Gasteiger partial charge in [-0.1, -0.05) is 40.5 Å². The predicted octanol–water partition coefficient (Wildman–Crippen LogP) is 4.48. The molecule has 3 atom stereocenters. The number of hydrogen-bond donors (Lipinski definition) is 2. The number of fused-ring (bicyclic) bond motifs is 2. The summed E-state index contributed by atoms with van der Waals surface area (Å²) in [6, 6.07) is 6.96. The summed E-state index contributed by atoms with van der Waals surface area (Å²) < 4.78 is 33.8. The first-order valence-corrected chi connectivity index (χ1v) is 13.1. The van der Waals surface area contributed by atoms with E-state index in [9.17, 15) is 5.11 Å². The molecule has 3 heterocycles. The van der Waals surface area contributed by atoms with Crippen LogP contribution in [-0.4, -0.2) is 69.6 Å². The fourth-order valence-electron chi connectivity index (χ4n) is 4.51. The monoisotopic (exact) mass is 518 g/mol. The van der Waals surface area contributed by atoms with Gasteiger partial charge in [0.25, 0.3) is 0 Å². The number of nitrogens with zero attached hydrogens (tertiary/aromatic N) is 1. The number of unbranched alkanes of at least 4 members (excludes halogenated alkanes) is 1. The molecule has 0 aliphatic carbocycles. The van der Waals surface area contributed by atoms with Crippen molar-refractivity contribution in [1.29, 1.82) is 0 Å². The SMILES string of the molecule is CC.CCCC.COc1cc(C2c3cc4c(cc3OC(N3CCOCC3)C2N)OCO4)cc(OC)c1O. The highest BCUT2D eigenvalue weighted by Crippen LogP contribution is 2.49. The van der Waals surface area contributed by atoms with Crippen molar-refractivity contribution < 1.29 is 33.5 Å². The molecule has 37 heavy (non-hydrogen) atoms. The van der Waals surface area contributed by atoms with Crippen LogP contribution < -0.4 is 29.4 Å². The Labute approximate surface area is 220 Å². The zero-order chi connectivity index (χ0) is 26.9. The molecule has 9 nitrogen and oxygen atoms in total. The van der Waals surface area contributed by atoms with Gasteiger partial charge in [0, 0.05) is 30.6 Å². The van der Waals surface area contributed by atoms with Crippen LogP contribution in [0.15, 0.2) is 24.3 Å². The quantitative estimate of drug-likeness (QED) is 0.593. The predicted molar refractivity (Wildman–Crippen MR) is 142 cm³/mol. The molecule has 3 aliphatic heterocycles. The first kappa shape index (κ1) is 28.7. The van der Waals surface area contributed by atoms with Crippen molar-refractivity contribution in [2.75, 3.05) is 47.3 Å². The molecule has 0 spiro atoms. The highest BCUT2D eigenvalue weighted by molar-refractivity contribution is 5.60. The molecule has 0 aromatic heterocycles. The molecule has 0 amide bonds. The van der Waals surface area contributed by atoms with Crippen LogP contribution >= 0.6 is 0 Å². The summed E-state index contributed by atoms with van der Waals surface area (Å²) in [5, 5.41) is 10.4. The molecule has 1 saturated heterocycles. The third kappa shape index (κ3) is 6.17. The van der Waals surface area contributed by atoms with Crippen molar-refractivity contribution in [2.24, 2.45) is 5.73 Å². The van der Waals surface area contributed by atoms with Gasteiger partial charge in [0.05, 0.1) is 33.5 Å². The summed E-state index contributed by atoms with van der Waals surface area (Å²) in [5.74, 6) is 2.33. The second kappa shape index (κ2) is 13.6. The lowest BCUT2D eigenvalue weighted by molar-refractivity contribution is -0.0642.